The number of amides is 1. The normalized spacial score (nSPS) is 20.1. The summed E-state index contributed by atoms with van der Waals surface area (Å²) in [6.45, 7) is 1.70. The number of carbonyl (C=O) groups excluding carboxylic acids is 1. The molecular formula is C15H17F3N2O. The van der Waals surface area contributed by atoms with E-state index in [9.17, 15) is 18.0 Å². The van der Waals surface area contributed by atoms with Crippen molar-refractivity contribution < 1.29 is 18.0 Å². The van der Waals surface area contributed by atoms with Crippen molar-refractivity contribution in [2.75, 3.05) is 13.1 Å². The van der Waals surface area contributed by atoms with Gasteiger partial charge in [0.1, 0.15) is 0 Å². The summed E-state index contributed by atoms with van der Waals surface area (Å²) in [7, 11) is 0. The van der Waals surface area contributed by atoms with Gasteiger partial charge in [-0.05, 0) is 24.5 Å². The van der Waals surface area contributed by atoms with Gasteiger partial charge in [0.05, 0.1) is 11.5 Å². The van der Waals surface area contributed by atoms with Crippen LogP contribution >= 0.6 is 0 Å². The van der Waals surface area contributed by atoms with E-state index in [1.807, 2.05) is 4.90 Å². The van der Waals surface area contributed by atoms with Gasteiger partial charge >= 0.3 is 6.18 Å². The van der Waals surface area contributed by atoms with Gasteiger partial charge in [0, 0.05) is 25.7 Å². The number of hydrogen-bond acceptors (Lipinski definition) is 2. The lowest BCUT2D eigenvalue weighted by Crippen LogP contribution is -2.53. The fourth-order valence-electron chi connectivity index (χ4n) is 2.52. The van der Waals surface area contributed by atoms with Crippen molar-refractivity contribution in [3.8, 4) is 0 Å². The number of benzene rings is 1. The molecule has 1 N–H and O–H groups in total. The largest absolute Gasteiger partial charge is 0.416 e. The molecule has 1 amide bonds. The molecule has 1 saturated heterocycles. The number of likely N-dealkylation sites (tertiary alicyclic amines) is 1. The van der Waals surface area contributed by atoms with E-state index in [4.69, 9.17) is 0 Å². The summed E-state index contributed by atoms with van der Waals surface area (Å²) in [6, 6.07) is 5.72. The zero-order chi connectivity index (χ0) is 15.0. The van der Waals surface area contributed by atoms with Gasteiger partial charge in [-0.1, -0.05) is 18.2 Å². The molecule has 0 radical (unpaired) electrons. The molecular weight excluding hydrogens is 281 g/mol. The van der Waals surface area contributed by atoms with Gasteiger partial charge < -0.3 is 5.32 Å². The van der Waals surface area contributed by atoms with Crippen LogP contribution in [0, 0.1) is 5.92 Å². The maximum atomic E-state index is 12.6. The van der Waals surface area contributed by atoms with E-state index in [-0.39, 0.29) is 11.8 Å². The van der Waals surface area contributed by atoms with Gasteiger partial charge in [-0.15, -0.1) is 0 Å². The molecule has 0 unspecified atom stereocenters. The molecule has 0 spiro atoms. The van der Waals surface area contributed by atoms with Crippen LogP contribution in [0.1, 0.15) is 24.0 Å². The van der Waals surface area contributed by atoms with Crippen molar-refractivity contribution in [2.45, 2.75) is 31.6 Å². The maximum Gasteiger partial charge on any atom is 0.416 e. The molecule has 2 aliphatic rings. The molecule has 0 atom stereocenters. The SMILES string of the molecule is O=C(NC1CC1)C1CN(Cc2cccc(C(F)(F)F)c2)C1. The van der Waals surface area contributed by atoms with E-state index in [0.29, 0.717) is 31.2 Å². The third kappa shape index (κ3) is 3.56. The molecule has 3 nitrogen and oxygen atoms in total. The van der Waals surface area contributed by atoms with Crippen molar-refractivity contribution in [2.24, 2.45) is 5.92 Å². The summed E-state index contributed by atoms with van der Waals surface area (Å²) in [5.74, 6) is 0.0641. The van der Waals surface area contributed by atoms with E-state index < -0.39 is 11.7 Å². The van der Waals surface area contributed by atoms with Crippen molar-refractivity contribution in [3.63, 3.8) is 0 Å². The highest BCUT2D eigenvalue weighted by molar-refractivity contribution is 5.80. The molecule has 114 valence electrons. The van der Waals surface area contributed by atoms with Crippen LogP contribution in [0.15, 0.2) is 24.3 Å². The van der Waals surface area contributed by atoms with Gasteiger partial charge in [0.15, 0.2) is 0 Å². The van der Waals surface area contributed by atoms with Crippen LogP contribution in [0.2, 0.25) is 0 Å². The molecule has 0 aromatic heterocycles. The Balaban J connectivity index is 1.51. The standard InChI is InChI=1S/C15H17F3N2O/c16-15(17,18)12-3-1-2-10(6-12)7-20-8-11(9-20)14(21)19-13-4-5-13/h1-3,6,11,13H,4-5,7-9H2,(H,19,21). The van der Waals surface area contributed by atoms with Crippen LogP contribution < -0.4 is 5.32 Å². The second kappa shape index (κ2) is 5.33. The van der Waals surface area contributed by atoms with Crippen LogP contribution in [0.25, 0.3) is 0 Å². The van der Waals surface area contributed by atoms with E-state index in [0.717, 1.165) is 18.9 Å². The molecule has 1 aliphatic carbocycles. The quantitative estimate of drug-likeness (QED) is 0.926. The Kier molecular flexibility index (Phi) is 3.65. The number of carbonyl (C=O) groups is 1. The lowest BCUT2D eigenvalue weighted by Gasteiger charge is -2.38. The van der Waals surface area contributed by atoms with Crippen molar-refractivity contribution in [1.82, 2.24) is 10.2 Å². The molecule has 2 fully saturated rings. The first-order valence-electron chi connectivity index (χ1n) is 7.11. The number of halogens is 3. The fourth-order valence-corrected chi connectivity index (χ4v) is 2.52. The second-order valence-corrected chi connectivity index (χ2v) is 5.87. The molecule has 1 aliphatic heterocycles. The van der Waals surface area contributed by atoms with Crippen molar-refractivity contribution >= 4 is 5.91 Å². The lowest BCUT2D eigenvalue weighted by atomic mass is 9.98. The number of alkyl halides is 3. The van der Waals surface area contributed by atoms with Gasteiger partial charge in [-0.3, -0.25) is 9.69 Å². The van der Waals surface area contributed by atoms with Gasteiger partial charge in [-0.25, -0.2) is 0 Å². The smallest absolute Gasteiger partial charge is 0.353 e. The van der Waals surface area contributed by atoms with Crippen LogP contribution in [-0.4, -0.2) is 29.9 Å². The predicted molar refractivity (Wildman–Crippen MR) is 71.4 cm³/mol. The molecule has 0 bridgehead atoms. The molecule has 1 aromatic rings. The Hall–Kier alpha value is -1.56. The first kappa shape index (κ1) is 14.4. The van der Waals surface area contributed by atoms with E-state index >= 15 is 0 Å². The fraction of sp³-hybridized carbons (Fsp3) is 0.533. The van der Waals surface area contributed by atoms with Crippen molar-refractivity contribution in [1.29, 1.82) is 0 Å². The van der Waals surface area contributed by atoms with Crippen LogP contribution in [-0.2, 0) is 17.5 Å². The number of rotatable bonds is 4. The molecule has 1 saturated carbocycles. The molecule has 6 heteroatoms. The number of hydrogen-bond donors (Lipinski definition) is 1. The highest BCUT2D eigenvalue weighted by Gasteiger charge is 2.35. The monoisotopic (exact) mass is 298 g/mol. The highest BCUT2D eigenvalue weighted by Crippen LogP contribution is 2.30. The van der Waals surface area contributed by atoms with Gasteiger partial charge in [0.2, 0.25) is 5.91 Å². The maximum absolute atomic E-state index is 12.6. The minimum Gasteiger partial charge on any atom is -0.353 e. The van der Waals surface area contributed by atoms with Crippen LogP contribution in [0.5, 0.6) is 0 Å². The zero-order valence-electron chi connectivity index (χ0n) is 11.5. The second-order valence-electron chi connectivity index (χ2n) is 5.87. The third-order valence-electron chi connectivity index (χ3n) is 3.91. The van der Waals surface area contributed by atoms with Gasteiger partial charge in [-0.2, -0.15) is 13.2 Å². The molecule has 21 heavy (non-hydrogen) atoms. The molecule has 3 rings (SSSR count). The predicted octanol–water partition coefficient (Wildman–Crippen LogP) is 2.42. The Morgan fingerprint density at radius 3 is 2.62 bits per heavy atom. The van der Waals surface area contributed by atoms with Crippen LogP contribution in [0.3, 0.4) is 0 Å². The Bertz CT molecular complexity index is 534. The summed E-state index contributed by atoms with van der Waals surface area (Å²) >= 11 is 0. The number of nitrogens with one attached hydrogen (secondary N) is 1. The zero-order valence-corrected chi connectivity index (χ0v) is 11.5. The first-order valence-corrected chi connectivity index (χ1v) is 7.11. The summed E-state index contributed by atoms with van der Waals surface area (Å²) in [5, 5.41) is 2.95. The first-order chi connectivity index (χ1) is 9.91. The summed E-state index contributed by atoms with van der Waals surface area (Å²) < 4.78 is 37.9. The highest BCUT2D eigenvalue weighted by atomic mass is 19.4. The summed E-state index contributed by atoms with van der Waals surface area (Å²) in [5.41, 5.74) is 0.00873. The molecule has 1 heterocycles. The lowest BCUT2D eigenvalue weighted by molar-refractivity contribution is -0.137. The Labute approximate surface area is 121 Å². The third-order valence-corrected chi connectivity index (χ3v) is 3.91. The van der Waals surface area contributed by atoms with Crippen LogP contribution in [0.4, 0.5) is 13.2 Å². The topological polar surface area (TPSA) is 32.3 Å². The van der Waals surface area contributed by atoms with E-state index in [2.05, 4.69) is 5.32 Å². The van der Waals surface area contributed by atoms with Gasteiger partial charge in [0.25, 0.3) is 0 Å². The Morgan fingerprint density at radius 2 is 2.00 bits per heavy atom. The average molecular weight is 298 g/mol. The average Bonchev–Trinajstić information content (AvgIpc) is 3.16. The summed E-state index contributed by atoms with van der Waals surface area (Å²) in [6.07, 6.45) is -2.18. The van der Waals surface area contributed by atoms with E-state index in [1.54, 1.807) is 6.07 Å². The minimum absolute atomic E-state index is 0.0172. The Morgan fingerprint density at radius 1 is 1.29 bits per heavy atom. The molecule has 1 aromatic carbocycles. The van der Waals surface area contributed by atoms with E-state index in [1.165, 1.54) is 12.1 Å². The minimum atomic E-state index is -4.31. The number of nitrogens with zero attached hydrogens (tertiary/aromatic N) is 1. The van der Waals surface area contributed by atoms with Crippen molar-refractivity contribution in [3.05, 3.63) is 35.4 Å². The summed E-state index contributed by atoms with van der Waals surface area (Å²) in [4.78, 5) is 13.8.